The van der Waals surface area contributed by atoms with Crippen LogP contribution in [0, 0.1) is 11.7 Å². The first-order valence-corrected chi connectivity index (χ1v) is 10.0. The van der Waals surface area contributed by atoms with Gasteiger partial charge >= 0.3 is 0 Å². The predicted molar refractivity (Wildman–Crippen MR) is 103 cm³/mol. The standard InChI is InChI=1S/C21H26FN3O3/c1-2-9-25(20(26)16-3-4-16)14-18-19(15-5-7-17(22)8-6-15)23-28-21(18)24-10-12-27-13-11-24/h5-8,16H,2-4,9-14H2,1H3. The molecule has 0 N–H and O–H groups in total. The van der Waals surface area contributed by atoms with Gasteiger partial charge in [-0.25, -0.2) is 4.39 Å². The van der Waals surface area contributed by atoms with E-state index in [9.17, 15) is 9.18 Å². The summed E-state index contributed by atoms with van der Waals surface area (Å²) < 4.78 is 24.6. The van der Waals surface area contributed by atoms with Crippen LogP contribution in [0.25, 0.3) is 11.3 Å². The Balaban J connectivity index is 1.69. The third-order valence-corrected chi connectivity index (χ3v) is 5.26. The van der Waals surface area contributed by atoms with Gasteiger partial charge in [0.2, 0.25) is 11.8 Å². The number of carbonyl (C=O) groups is 1. The summed E-state index contributed by atoms with van der Waals surface area (Å²) in [6.45, 7) is 5.92. The van der Waals surface area contributed by atoms with Gasteiger partial charge in [0.25, 0.3) is 0 Å². The lowest BCUT2D eigenvalue weighted by Crippen LogP contribution is -2.37. The molecule has 2 fully saturated rings. The van der Waals surface area contributed by atoms with Gasteiger partial charge in [-0.2, -0.15) is 0 Å². The van der Waals surface area contributed by atoms with Crippen molar-refractivity contribution in [1.82, 2.24) is 10.1 Å². The second-order valence-corrected chi connectivity index (χ2v) is 7.46. The van der Waals surface area contributed by atoms with Gasteiger partial charge in [-0.3, -0.25) is 4.79 Å². The number of ether oxygens (including phenoxy) is 1. The number of nitrogens with zero attached hydrogens (tertiary/aromatic N) is 3. The van der Waals surface area contributed by atoms with Crippen LogP contribution >= 0.6 is 0 Å². The number of hydrogen-bond donors (Lipinski definition) is 0. The van der Waals surface area contributed by atoms with Crippen LogP contribution in [0.15, 0.2) is 28.8 Å². The van der Waals surface area contributed by atoms with Crippen LogP contribution in [0.3, 0.4) is 0 Å². The average molecular weight is 387 g/mol. The minimum Gasteiger partial charge on any atom is -0.378 e. The maximum Gasteiger partial charge on any atom is 0.233 e. The molecule has 0 radical (unpaired) electrons. The van der Waals surface area contributed by atoms with E-state index >= 15 is 0 Å². The second kappa shape index (κ2) is 8.31. The Labute approximate surface area is 164 Å². The molecule has 1 aromatic carbocycles. The maximum atomic E-state index is 13.4. The molecule has 7 heteroatoms. The molecule has 1 aliphatic heterocycles. The van der Waals surface area contributed by atoms with Crippen LogP contribution in [0.4, 0.5) is 10.3 Å². The van der Waals surface area contributed by atoms with Gasteiger partial charge in [0.15, 0.2) is 0 Å². The van der Waals surface area contributed by atoms with Crippen molar-refractivity contribution < 1.29 is 18.4 Å². The molecule has 1 amide bonds. The molecular formula is C21H26FN3O3. The van der Waals surface area contributed by atoms with Crippen LogP contribution in [0.1, 0.15) is 31.7 Å². The van der Waals surface area contributed by atoms with Gasteiger partial charge in [0.05, 0.1) is 25.3 Å². The molecule has 1 saturated heterocycles. The molecule has 1 aliphatic carbocycles. The summed E-state index contributed by atoms with van der Waals surface area (Å²) in [6.07, 6.45) is 2.84. The number of halogens is 1. The van der Waals surface area contributed by atoms with Crippen molar-refractivity contribution in [1.29, 1.82) is 0 Å². The Hall–Kier alpha value is -2.41. The zero-order chi connectivity index (χ0) is 19.5. The molecule has 150 valence electrons. The van der Waals surface area contributed by atoms with Crippen LogP contribution in [0.5, 0.6) is 0 Å². The highest BCUT2D eigenvalue weighted by atomic mass is 19.1. The average Bonchev–Trinajstić information content (AvgIpc) is 3.49. The predicted octanol–water partition coefficient (Wildman–Crippen LogP) is 3.47. The van der Waals surface area contributed by atoms with Crippen molar-refractivity contribution >= 4 is 11.8 Å². The highest BCUT2D eigenvalue weighted by molar-refractivity contribution is 5.81. The molecule has 2 aliphatic rings. The van der Waals surface area contributed by atoms with Gasteiger partial charge in [-0.15, -0.1) is 0 Å². The first kappa shape index (κ1) is 18.9. The van der Waals surface area contributed by atoms with E-state index in [0.29, 0.717) is 37.9 Å². The molecular weight excluding hydrogens is 361 g/mol. The van der Waals surface area contributed by atoms with Crippen LogP contribution in [-0.4, -0.2) is 48.8 Å². The molecule has 1 saturated carbocycles. The number of hydrogen-bond acceptors (Lipinski definition) is 5. The topological polar surface area (TPSA) is 58.8 Å². The Morgan fingerprint density at radius 2 is 1.96 bits per heavy atom. The van der Waals surface area contributed by atoms with Crippen molar-refractivity contribution in [3.05, 3.63) is 35.6 Å². The van der Waals surface area contributed by atoms with Crippen molar-refractivity contribution in [2.45, 2.75) is 32.7 Å². The number of amides is 1. The highest BCUT2D eigenvalue weighted by Gasteiger charge is 2.35. The van der Waals surface area contributed by atoms with Gasteiger partial charge < -0.3 is 19.1 Å². The van der Waals surface area contributed by atoms with E-state index in [0.717, 1.165) is 43.5 Å². The normalized spacial score (nSPS) is 17.0. The van der Waals surface area contributed by atoms with Gasteiger partial charge in [-0.1, -0.05) is 12.1 Å². The molecule has 0 atom stereocenters. The van der Waals surface area contributed by atoms with E-state index in [2.05, 4.69) is 17.0 Å². The highest BCUT2D eigenvalue weighted by Crippen LogP contribution is 2.36. The Bertz CT molecular complexity index is 811. The largest absolute Gasteiger partial charge is 0.378 e. The molecule has 2 heterocycles. The number of anilines is 1. The van der Waals surface area contributed by atoms with Gasteiger partial charge in [0.1, 0.15) is 11.5 Å². The molecule has 28 heavy (non-hydrogen) atoms. The SMILES string of the molecule is CCCN(Cc1c(-c2ccc(F)cc2)noc1N1CCOCC1)C(=O)C1CC1. The minimum absolute atomic E-state index is 0.160. The van der Waals surface area contributed by atoms with Crippen molar-refractivity contribution in [2.75, 3.05) is 37.7 Å². The first-order valence-electron chi connectivity index (χ1n) is 10.0. The zero-order valence-corrected chi connectivity index (χ0v) is 16.2. The van der Waals surface area contributed by atoms with Crippen LogP contribution in [-0.2, 0) is 16.1 Å². The van der Waals surface area contributed by atoms with Crippen LogP contribution in [0.2, 0.25) is 0 Å². The summed E-state index contributed by atoms with van der Waals surface area (Å²) in [4.78, 5) is 16.8. The fraction of sp³-hybridized carbons (Fsp3) is 0.524. The molecule has 0 spiro atoms. The molecule has 1 aromatic heterocycles. The van der Waals surface area contributed by atoms with E-state index in [1.807, 2.05) is 4.90 Å². The Morgan fingerprint density at radius 3 is 2.61 bits per heavy atom. The lowest BCUT2D eigenvalue weighted by molar-refractivity contribution is -0.133. The summed E-state index contributed by atoms with van der Waals surface area (Å²) >= 11 is 0. The quantitative estimate of drug-likeness (QED) is 0.728. The number of morpholine rings is 1. The fourth-order valence-corrected chi connectivity index (χ4v) is 3.61. The van der Waals surface area contributed by atoms with E-state index in [4.69, 9.17) is 9.26 Å². The van der Waals surface area contributed by atoms with Crippen molar-refractivity contribution in [2.24, 2.45) is 5.92 Å². The zero-order valence-electron chi connectivity index (χ0n) is 16.2. The fourth-order valence-electron chi connectivity index (χ4n) is 3.61. The first-order chi connectivity index (χ1) is 13.7. The van der Waals surface area contributed by atoms with E-state index in [-0.39, 0.29) is 17.6 Å². The lowest BCUT2D eigenvalue weighted by Gasteiger charge is -2.28. The van der Waals surface area contributed by atoms with E-state index in [1.54, 1.807) is 12.1 Å². The van der Waals surface area contributed by atoms with Gasteiger partial charge in [-0.05, 0) is 43.5 Å². The summed E-state index contributed by atoms with van der Waals surface area (Å²) in [6, 6.07) is 6.24. The number of rotatable bonds is 7. The van der Waals surface area contributed by atoms with E-state index in [1.165, 1.54) is 12.1 Å². The molecule has 0 unspecified atom stereocenters. The van der Waals surface area contributed by atoms with E-state index < -0.39 is 0 Å². The molecule has 2 aromatic rings. The molecule has 6 nitrogen and oxygen atoms in total. The van der Waals surface area contributed by atoms with Crippen LogP contribution < -0.4 is 4.90 Å². The van der Waals surface area contributed by atoms with Crippen molar-refractivity contribution in [3.63, 3.8) is 0 Å². The summed E-state index contributed by atoms with van der Waals surface area (Å²) in [5.41, 5.74) is 2.34. The second-order valence-electron chi connectivity index (χ2n) is 7.46. The number of aromatic nitrogens is 1. The number of benzene rings is 1. The Morgan fingerprint density at radius 1 is 1.25 bits per heavy atom. The smallest absolute Gasteiger partial charge is 0.233 e. The molecule has 0 bridgehead atoms. The minimum atomic E-state index is -0.293. The monoisotopic (exact) mass is 387 g/mol. The van der Waals surface area contributed by atoms with Gasteiger partial charge in [0, 0.05) is 31.1 Å². The number of carbonyl (C=O) groups excluding carboxylic acids is 1. The third kappa shape index (κ3) is 4.04. The Kier molecular flexibility index (Phi) is 5.62. The lowest BCUT2D eigenvalue weighted by atomic mass is 10.1. The molecule has 4 rings (SSSR count). The summed E-state index contributed by atoms with van der Waals surface area (Å²) in [7, 11) is 0. The third-order valence-electron chi connectivity index (χ3n) is 5.26. The summed E-state index contributed by atoms with van der Waals surface area (Å²) in [5, 5.41) is 4.31. The van der Waals surface area contributed by atoms with Crippen molar-refractivity contribution in [3.8, 4) is 11.3 Å². The summed E-state index contributed by atoms with van der Waals surface area (Å²) in [5.74, 6) is 0.764. The maximum absolute atomic E-state index is 13.4.